The summed E-state index contributed by atoms with van der Waals surface area (Å²) in [6.07, 6.45) is 1.22. The first-order valence-electron chi connectivity index (χ1n) is 9.43. The fourth-order valence-electron chi connectivity index (χ4n) is 3.59. The van der Waals surface area contributed by atoms with E-state index >= 15 is 0 Å². The minimum absolute atomic E-state index is 0.0670. The van der Waals surface area contributed by atoms with Crippen molar-refractivity contribution in [1.82, 2.24) is 5.16 Å². The summed E-state index contributed by atoms with van der Waals surface area (Å²) in [5.74, 6) is -0.835. The Hall–Kier alpha value is -2.98. The number of hydrogen-bond acceptors (Lipinski definition) is 9. The van der Waals surface area contributed by atoms with E-state index in [4.69, 9.17) is 18.7 Å². The highest BCUT2D eigenvalue weighted by Crippen LogP contribution is 2.36. The van der Waals surface area contributed by atoms with Crippen molar-refractivity contribution in [2.24, 2.45) is 0 Å². The second-order valence-corrected chi connectivity index (χ2v) is 6.90. The van der Waals surface area contributed by atoms with Gasteiger partial charge in [-0.2, -0.15) is 0 Å². The molecule has 0 aliphatic carbocycles. The van der Waals surface area contributed by atoms with E-state index < -0.39 is 16.7 Å². The SMILES string of the molecule is CCOC(=O)c1noc2c1COC1(CCN(c3ccc([N+](=O)[O-])cc3)CC1)OC2. The van der Waals surface area contributed by atoms with E-state index in [9.17, 15) is 14.9 Å². The predicted molar refractivity (Wildman–Crippen MR) is 99.3 cm³/mol. The molecule has 0 atom stereocenters. The van der Waals surface area contributed by atoms with E-state index in [0.717, 1.165) is 5.69 Å². The van der Waals surface area contributed by atoms with Crippen LogP contribution in [0.5, 0.6) is 0 Å². The minimum atomic E-state index is -0.773. The van der Waals surface area contributed by atoms with E-state index in [1.165, 1.54) is 12.1 Å². The van der Waals surface area contributed by atoms with Crippen molar-refractivity contribution < 1.29 is 28.5 Å². The summed E-state index contributed by atoms with van der Waals surface area (Å²) in [6.45, 7) is 3.64. The van der Waals surface area contributed by atoms with Crippen LogP contribution >= 0.6 is 0 Å². The van der Waals surface area contributed by atoms with E-state index in [-0.39, 0.29) is 31.2 Å². The van der Waals surface area contributed by atoms with Crippen molar-refractivity contribution in [3.05, 3.63) is 51.4 Å². The third-order valence-corrected chi connectivity index (χ3v) is 5.24. The van der Waals surface area contributed by atoms with Crippen LogP contribution in [0, 0.1) is 10.1 Å². The topological polar surface area (TPSA) is 117 Å². The van der Waals surface area contributed by atoms with Gasteiger partial charge in [-0.3, -0.25) is 10.1 Å². The summed E-state index contributed by atoms with van der Waals surface area (Å²) in [6, 6.07) is 6.49. The number of piperidine rings is 1. The minimum Gasteiger partial charge on any atom is -0.461 e. The van der Waals surface area contributed by atoms with Crippen molar-refractivity contribution >= 4 is 17.3 Å². The van der Waals surface area contributed by atoms with Gasteiger partial charge in [0.1, 0.15) is 6.61 Å². The number of hydrogen-bond donors (Lipinski definition) is 0. The number of aromatic nitrogens is 1. The number of rotatable bonds is 4. The van der Waals surface area contributed by atoms with E-state index in [0.29, 0.717) is 37.3 Å². The monoisotopic (exact) mass is 403 g/mol. The molecule has 1 aromatic heterocycles. The molecular formula is C19H21N3O7. The predicted octanol–water partition coefficient (Wildman–Crippen LogP) is 2.80. The summed E-state index contributed by atoms with van der Waals surface area (Å²) in [5, 5.41) is 14.6. The lowest BCUT2D eigenvalue weighted by Crippen LogP contribution is -2.47. The van der Waals surface area contributed by atoms with Crippen molar-refractivity contribution in [2.45, 2.75) is 38.8 Å². The number of fused-ring (bicyclic) bond motifs is 1. The molecule has 1 aromatic carbocycles. The molecule has 2 aliphatic heterocycles. The third-order valence-electron chi connectivity index (χ3n) is 5.24. The number of anilines is 1. The van der Waals surface area contributed by atoms with Crippen molar-refractivity contribution in [3.63, 3.8) is 0 Å². The van der Waals surface area contributed by atoms with Gasteiger partial charge in [-0.25, -0.2) is 4.79 Å². The fourth-order valence-corrected chi connectivity index (χ4v) is 3.59. The summed E-state index contributed by atoms with van der Waals surface area (Å²) in [5.41, 5.74) is 1.68. The van der Waals surface area contributed by atoms with Crippen LogP contribution in [0.1, 0.15) is 41.6 Å². The van der Waals surface area contributed by atoms with Gasteiger partial charge in [-0.1, -0.05) is 5.16 Å². The Labute approximate surface area is 166 Å². The van der Waals surface area contributed by atoms with Gasteiger partial charge in [0.15, 0.2) is 17.2 Å². The van der Waals surface area contributed by atoms with Gasteiger partial charge in [-0.15, -0.1) is 0 Å². The maximum atomic E-state index is 12.0. The molecule has 1 fully saturated rings. The second-order valence-electron chi connectivity index (χ2n) is 6.90. The maximum Gasteiger partial charge on any atom is 0.360 e. The van der Waals surface area contributed by atoms with E-state index in [1.54, 1.807) is 19.1 Å². The molecule has 0 N–H and O–H groups in total. The van der Waals surface area contributed by atoms with E-state index in [2.05, 4.69) is 10.1 Å². The number of carbonyl (C=O) groups excluding carboxylic acids is 1. The lowest BCUT2D eigenvalue weighted by molar-refractivity contribution is -0.384. The average Bonchev–Trinajstić information content (AvgIpc) is 3.07. The van der Waals surface area contributed by atoms with Crippen molar-refractivity contribution in [2.75, 3.05) is 24.6 Å². The number of nitro benzene ring substituents is 1. The molecule has 1 saturated heterocycles. The van der Waals surface area contributed by atoms with Gasteiger partial charge in [-0.05, 0) is 19.1 Å². The van der Waals surface area contributed by atoms with E-state index in [1.807, 2.05) is 0 Å². The second kappa shape index (κ2) is 7.80. The molecule has 4 rings (SSSR count). The number of esters is 1. The van der Waals surface area contributed by atoms with Gasteiger partial charge >= 0.3 is 5.97 Å². The number of nitro groups is 1. The van der Waals surface area contributed by atoms with Crippen LogP contribution in [0.2, 0.25) is 0 Å². The normalized spacial score (nSPS) is 18.2. The third kappa shape index (κ3) is 3.81. The van der Waals surface area contributed by atoms with Gasteiger partial charge in [0.05, 0.1) is 23.7 Å². The maximum absolute atomic E-state index is 12.0. The number of non-ortho nitro benzene ring substituents is 1. The van der Waals surface area contributed by atoms with Crippen LogP contribution in [-0.4, -0.2) is 41.5 Å². The Bertz CT molecular complexity index is 901. The molecular weight excluding hydrogens is 382 g/mol. The molecule has 1 spiro atoms. The molecule has 0 unspecified atom stereocenters. The first-order valence-corrected chi connectivity index (χ1v) is 9.43. The summed E-state index contributed by atoms with van der Waals surface area (Å²) < 4.78 is 22.4. The number of nitrogens with zero attached hydrogens (tertiary/aromatic N) is 3. The molecule has 2 aromatic rings. The number of benzene rings is 1. The van der Waals surface area contributed by atoms with Gasteiger partial charge in [0.25, 0.3) is 5.69 Å². The van der Waals surface area contributed by atoms with Gasteiger partial charge < -0.3 is 23.6 Å². The molecule has 2 aliphatic rings. The molecule has 154 valence electrons. The zero-order valence-corrected chi connectivity index (χ0v) is 16.0. The van der Waals surface area contributed by atoms with Crippen molar-refractivity contribution in [3.8, 4) is 0 Å². The van der Waals surface area contributed by atoms with Crippen LogP contribution in [0.25, 0.3) is 0 Å². The number of carbonyl (C=O) groups is 1. The Morgan fingerprint density at radius 3 is 2.59 bits per heavy atom. The lowest BCUT2D eigenvalue weighted by Gasteiger charge is -2.41. The van der Waals surface area contributed by atoms with Crippen LogP contribution < -0.4 is 4.90 Å². The van der Waals surface area contributed by atoms with Crippen LogP contribution in [0.3, 0.4) is 0 Å². The molecule has 0 saturated carbocycles. The highest BCUT2D eigenvalue weighted by molar-refractivity contribution is 5.88. The standard InChI is InChI=1S/C19H21N3O7/c1-2-26-18(23)17-15-11-27-19(28-12-16(15)29-20-17)7-9-21(10-8-19)13-3-5-14(6-4-13)22(24)25/h3-6H,2,7-12H2,1H3. The van der Waals surface area contributed by atoms with Gasteiger partial charge in [0, 0.05) is 43.8 Å². The van der Waals surface area contributed by atoms with Crippen LogP contribution in [-0.2, 0) is 27.4 Å². The first kappa shape index (κ1) is 19.3. The molecule has 0 radical (unpaired) electrons. The van der Waals surface area contributed by atoms with Crippen molar-refractivity contribution in [1.29, 1.82) is 0 Å². The molecule has 0 bridgehead atoms. The average molecular weight is 403 g/mol. The summed E-state index contributed by atoms with van der Waals surface area (Å²) in [4.78, 5) is 24.6. The molecule has 10 heteroatoms. The highest BCUT2D eigenvalue weighted by atomic mass is 16.7. The Kier molecular flexibility index (Phi) is 5.20. The Balaban J connectivity index is 1.41. The molecule has 29 heavy (non-hydrogen) atoms. The fraction of sp³-hybridized carbons (Fsp3) is 0.474. The zero-order valence-electron chi connectivity index (χ0n) is 16.0. The lowest BCUT2D eigenvalue weighted by atomic mass is 10.0. The largest absolute Gasteiger partial charge is 0.461 e. The van der Waals surface area contributed by atoms with Crippen LogP contribution in [0.4, 0.5) is 11.4 Å². The molecule has 0 amide bonds. The van der Waals surface area contributed by atoms with Gasteiger partial charge in [0.2, 0.25) is 0 Å². The molecule has 3 heterocycles. The van der Waals surface area contributed by atoms with Crippen LogP contribution in [0.15, 0.2) is 28.8 Å². The Morgan fingerprint density at radius 1 is 1.24 bits per heavy atom. The Morgan fingerprint density at radius 2 is 1.93 bits per heavy atom. The quantitative estimate of drug-likeness (QED) is 0.431. The zero-order chi connectivity index (χ0) is 20.4. The smallest absolute Gasteiger partial charge is 0.360 e. The summed E-state index contributed by atoms with van der Waals surface area (Å²) >= 11 is 0. The highest BCUT2D eigenvalue weighted by Gasteiger charge is 2.40. The molecule has 10 nitrogen and oxygen atoms in total. The number of ether oxygens (including phenoxy) is 3. The summed E-state index contributed by atoms with van der Waals surface area (Å²) in [7, 11) is 0. The first-order chi connectivity index (χ1) is 14.0.